The van der Waals surface area contributed by atoms with Crippen molar-refractivity contribution < 1.29 is 72.9 Å². The van der Waals surface area contributed by atoms with Crippen molar-refractivity contribution >= 4 is 17.9 Å². The Bertz CT molecular complexity index is 598. The van der Waals surface area contributed by atoms with Crippen molar-refractivity contribution in [2.24, 2.45) is 0 Å². The van der Waals surface area contributed by atoms with Crippen molar-refractivity contribution in [2.75, 3.05) is 6.61 Å². The fourth-order valence-corrected chi connectivity index (χ4v) is 1.42. The highest BCUT2D eigenvalue weighted by Crippen LogP contribution is 2.39. The number of rotatable bonds is 10. The summed E-state index contributed by atoms with van der Waals surface area (Å²) in [6.45, 7) is -1.41. The van der Waals surface area contributed by atoms with Crippen LogP contribution in [0, 0.1) is 0 Å². The summed E-state index contributed by atoms with van der Waals surface area (Å²) in [7, 11) is 0. The van der Waals surface area contributed by atoms with Gasteiger partial charge in [-0.25, -0.2) is 4.79 Å². The number of halogens is 10. The van der Waals surface area contributed by atoms with Crippen LogP contribution in [0.25, 0.3) is 0 Å². The number of ether oxygens (including phenoxy) is 2. The average Bonchev–Trinajstić information content (AvgIpc) is 2.52. The monoisotopic (exact) mass is 454 g/mol. The molecule has 6 nitrogen and oxygen atoms in total. The van der Waals surface area contributed by atoms with Gasteiger partial charge in [-0.3, -0.25) is 9.59 Å². The van der Waals surface area contributed by atoms with Crippen LogP contribution in [-0.2, 0) is 23.9 Å². The van der Waals surface area contributed by atoms with Gasteiger partial charge in [-0.15, -0.1) is 0 Å². The minimum absolute atomic E-state index is 1.41. The summed E-state index contributed by atoms with van der Waals surface area (Å²) in [6.07, 6.45) is -21.5. The molecule has 0 aromatic carbocycles. The fraction of sp³-hybridized carbons (Fsp3) is 0.769. The van der Waals surface area contributed by atoms with Crippen LogP contribution >= 0.6 is 0 Å². The summed E-state index contributed by atoms with van der Waals surface area (Å²) in [5.41, 5.74) is 0. The van der Waals surface area contributed by atoms with Crippen molar-refractivity contribution in [1.29, 1.82) is 0 Å². The highest BCUT2D eigenvalue weighted by molar-refractivity contribution is 5.78. The number of carbonyl (C=O) groups excluding carboxylic acids is 2. The van der Waals surface area contributed by atoms with Crippen molar-refractivity contribution in [3.63, 3.8) is 0 Å². The third-order valence-electron chi connectivity index (χ3n) is 3.06. The molecule has 0 aliphatic carbocycles. The van der Waals surface area contributed by atoms with E-state index in [1.165, 1.54) is 0 Å². The summed E-state index contributed by atoms with van der Waals surface area (Å²) >= 11 is 0. The lowest BCUT2D eigenvalue weighted by atomic mass is 10.2. The Balaban J connectivity index is 4.62. The van der Waals surface area contributed by atoms with E-state index in [-0.39, 0.29) is 0 Å². The summed E-state index contributed by atoms with van der Waals surface area (Å²) in [5.74, 6) is -16.2. The van der Waals surface area contributed by atoms with Crippen LogP contribution in [0.15, 0.2) is 0 Å². The normalized spacial score (nSPS) is 14.3. The molecule has 0 bridgehead atoms. The van der Waals surface area contributed by atoms with Crippen LogP contribution < -0.4 is 0 Å². The van der Waals surface area contributed by atoms with E-state index in [0.717, 1.165) is 0 Å². The minimum atomic E-state index is -5.98. The highest BCUT2D eigenvalue weighted by atomic mass is 19.4. The van der Waals surface area contributed by atoms with E-state index in [4.69, 9.17) is 5.11 Å². The largest absolute Gasteiger partial charge is 0.478 e. The van der Waals surface area contributed by atoms with E-state index >= 15 is 0 Å². The molecule has 0 fully saturated rings. The van der Waals surface area contributed by atoms with Gasteiger partial charge >= 0.3 is 42.1 Å². The molecule has 0 aliphatic rings. The number of carbonyl (C=O) groups is 3. The number of carboxylic acid groups (broad SMARTS) is 1. The Labute approximate surface area is 154 Å². The minimum Gasteiger partial charge on any atom is -0.478 e. The Morgan fingerprint density at radius 1 is 0.724 bits per heavy atom. The number of hydrogen-bond acceptors (Lipinski definition) is 5. The summed E-state index contributed by atoms with van der Waals surface area (Å²) in [5, 5.41) is 8.69. The molecule has 0 aliphatic heterocycles. The summed E-state index contributed by atoms with van der Waals surface area (Å²) < 4.78 is 130. The zero-order valence-electron chi connectivity index (χ0n) is 13.9. The van der Waals surface area contributed by atoms with Crippen molar-refractivity contribution in [3.05, 3.63) is 0 Å². The molecule has 0 saturated heterocycles. The van der Waals surface area contributed by atoms with E-state index in [1.807, 2.05) is 0 Å². The summed E-state index contributed by atoms with van der Waals surface area (Å²) in [4.78, 5) is 33.1. The third-order valence-corrected chi connectivity index (χ3v) is 3.06. The van der Waals surface area contributed by atoms with Gasteiger partial charge in [-0.05, 0) is 0 Å². The highest BCUT2D eigenvalue weighted by Gasteiger charge is 2.57. The van der Waals surface area contributed by atoms with Crippen LogP contribution in [0.3, 0.4) is 0 Å². The number of carboxylic acids is 1. The van der Waals surface area contributed by atoms with Crippen LogP contribution in [-0.4, -0.2) is 59.9 Å². The first kappa shape index (κ1) is 26.7. The molecule has 16 heteroatoms. The maximum atomic E-state index is 12.6. The zero-order chi connectivity index (χ0) is 23.3. The molecule has 170 valence electrons. The molecule has 29 heavy (non-hydrogen) atoms. The summed E-state index contributed by atoms with van der Waals surface area (Å²) in [6, 6.07) is 0. The van der Waals surface area contributed by atoms with Gasteiger partial charge in [0.15, 0.2) is 0 Å². The second-order valence-corrected chi connectivity index (χ2v) is 5.40. The topological polar surface area (TPSA) is 89.9 Å². The SMILES string of the molecule is O=C(CCC(F)(F)C(F)(F)F)OCC(OC(=O)CCC(F)(F)C(F)(F)F)C(=O)O. The molecule has 1 N–H and O–H groups in total. The van der Waals surface area contributed by atoms with Crippen molar-refractivity contribution in [2.45, 2.75) is 56.0 Å². The van der Waals surface area contributed by atoms with Gasteiger partial charge in [0.05, 0.1) is 12.8 Å². The van der Waals surface area contributed by atoms with E-state index < -0.39 is 80.5 Å². The first-order chi connectivity index (χ1) is 12.8. The molecule has 0 saturated carbocycles. The van der Waals surface area contributed by atoms with Crippen molar-refractivity contribution in [1.82, 2.24) is 0 Å². The van der Waals surface area contributed by atoms with Crippen LogP contribution in [0.1, 0.15) is 25.7 Å². The first-order valence-electron chi connectivity index (χ1n) is 7.27. The second-order valence-electron chi connectivity index (χ2n) is 5.40. The lowest BCUT2D eigenvalue weighted by Crippen LogP contribution is -2.38. The molecule has 1 atom stereocenters. The van der Waals surface area contributed by atoms with Gasteiger partial charge in [0, 0.05) is 12.8 Å². The lowest BCUT2D eigenvalue weighted by molar-refractivity contribution is -0.284. The maximum absolute atomic E-state index is 12.6. The van der Waals surface area contributed by atoms with Gasteiger partial charge in [-0.2, -0.15) is 43.9 Å². The van der Waals surface area contributed by atoms with E-state index in [0.29, 0.717) is 0 Å². The lowest BCUT2D eigenvalue weighted by Gasteiger charge is -2.20. The smallest absolute Gasteiger partial charge is 0.453 e. The van der Waals surface area contributed by atoms with Gasteiger partial charge in [-0.1, -0.05) is 0 Å². The van der Waals surface area contributed by atoms with E-state index in [9.17, 15) is 58.3 Å². The average molecular weight is 454 g/mol. The number of hydrogen-bond donors (Lipinski definition) is 1. The van der Waals surface area contributed by atoms with Crippen LogP contribution in [0.2, 0.25) is 0 Å². The van der Waals surface area contributed by atoms with Crippen LogP contribution in [0.4, 0.5) is 43.9 Å². The van der Waals surface area contributed by atoms with Gasteiger partial charge in [0.2, 0.25) is 6.10 Å². The predicted molar refractivity (Wildman–Crippen MR) is 68.9 cm³/mol. The molecule has 0 aromatic heterocycles. The molecule has 0 aromatic rings. The predicted octanol–water partition coefficient (Wildman–Crippen LogP) is 3.48. The van der Waals surface area contributed by atoms with Gasteiger partial charge < -0.3 is 14.6 Å². The molecular formula is C13H12F10O6. The van der Waals surface area contributed by atoms with E-state index in [2.05, 4.69) is 9.47 Å². The molecular weight excluding hydrogens is 442 g/mol. The Kier molecular flexibility index (Phi) is 8.72. The Hall–Kier alpha value is -2.29. The van der Waals surface area contributed by atoms with Gasteiger partial charge in [0.1, 0.15) is 6.61 Å². The molecule has 0 rings (SSSR count). The van der Waals surface area contributed by atoms with Crippen molar-refractivity contribution in [3.8, 4) is 0 Å². The van der Waals surface area contributed by atoms with Gasteiger partial charge in [0.25, 0.3) is 0 Å². The number of alkyl halides is 10. The number of aliphatic carboxylic acids is 1. The quantitative estimate of drug-likeness (QED) is 0.402. The van der Waals surface area contributed by atoms with Crippen LogP contribution in [0.5, 0.6) is 0 Å². The number of esters is 2. The molecule has 1 unspecified atom stereocenters. The molecule has 0 spiro atoms. The first-order valence-corrected chi connectivity index (χ1v) is 7.27. The van der Waals surface area contributed by atoms with E-state index in [1.54, 1.807) is 0 Å². The Morgan fingerprint density at radius 2 is 1.10 bits per heavy atom. The molecule has 0 amide bonds. The third kappa shape index (κ3) is 8.72. The molecule has 0 radical (unpaired) electrons. The zero-order valence-corrected chi connectivity index (χ0v) is 13.9. The maximum Gasteiger partial charge on any atom is 0.453 e. The fourth-order valence-electron chi connectivity index (χ4n) is 1.42. The standard InChI is InChI=1S/C13H12F10O6/c14-10(15,12(18,19)20)3-1-7(24)28-5-6(9(26)27)29-8(25)2-4-11(16,17)13(21,22)23/h6H,1-5H2,(H,26,27). The molecule has 0 heterocycles. The Morgan fingerprint density at radius 3 is 1.45 bits per heavy atom. The second kappa shape index (κ2) is 9.47.